The van der Waals surface area contributed by atoms with Crippen LogP contribution in [0.2, 0.25) is 0 Å². The van der Waals surface area contributed by atoms with Gasteiger partial charge in [-0.05, 0) is 29.8 Å². The van der Waals surface area contributed by atoms with E-state index in [0.29, 0.717) is 11.3 Å². The Morgan fingerprint density at radius 2 is 1.97 bits per heavy atom. The Hall–Kier alpha value is -4.45. The number of anilines is 1. The number of carbonyl (C=O) groups excluding carboxylic acids is 1. The van der Waals surface area contributed by atoms with E-state index in [-0.39, 0.29) is 23.8 Å². The second-order valence-electron chi connectivity index (χ2n) is 5.92. The second kappa shape index (κ2) is 9.66. The lowest BCUT2D eigenvalue weighted by molar-refractivity contribution is -0.142. The van der Waals surface area contributed by atoms with Crippen LogP contribution < -0.4 is 15.7 Å². The summed E-state index contributed by atoms with van der Waals surface area (Å²) in [6, 6.07) is 17.7. The number of carbonyl (C=O) groups is 1. The molecule has 30 heavy (non-hydrogen) atoms. The lowest BCUT2D eigenvalue weighted by Gasteiger charge is -2.06. The van der Waals surface area contributed by atoms with Crippen LogP contribution in [0.25, 0.3) is 11.3 Å². The summed E-state index contributed by atoms with van der Waals surface area (Å²) in [5.74, 6) is 0.145. The molecule has 0 fully saturated rings. The number of H-pyrrole nitrogens is 1. The van der Waals surface area contributed by atoms with Crippen molar-refractivity contribution in [3.63, 3.8) is 0 Å². The number of aromatic amines is 1. The van der Waals surface area contributed by atoms with Crippen LogP contribution in [0, 0.1) is 11.3 Å². The molecule has 0 unspecified atom stereocenters. The van der Waals surface area contributed by atoms with Crippen LogP contribution in [0.15, 0.2) is 64.5 Å². The van der Waals surface area contributed by atoms with E-state index in [9.17, 15) is 14.9 Å². The third-order valence-electron chi connectivity index (χ3n) is 3.93. The maximum absolute atomic E-state index is 12.2. The van der Waals surface area contributed by atoms with Gasteiger partial charge >= 0.3 is 5.97 Å². The van der Waals surface area contributed by atoms with Crippen LogP contribution in [0.1, 0.15) is 11.1 Å². The highest BCUT2D eigenvalue weighted by molar-refractivity contribution is 5.80. The van der Waals surface area contributed by atoms with E-state index in [1.54, 1.807) is 48.5 Å². The summed E-state index contributed by atoms with van der Waals surface area (Å²) in [7, 11) is 1.29. The van der Waals surface area contributed by atoms with Crippen LogP contribution in [-0.2, 0) is 9.53 Å². The Morgan fingerprint density at radius 1 is 1.23 bits per heavy atom. The number of hydrogen-bond donors (Lipinski definition) is 2. The van der Waals surface area contributed by atoms with E-state index in [1.807, 2.05) is 12.1 Å². The van der Waals surface area contributed by atoms with E-state index in [1.165, 1.54) is 13.3 Å². The van der Waals surface area contributed by atoms with Crippen LogP contribution in [-0.4, -0.2) is 35.9 Å². The van der Waals surface area contributed by atoms with Crippen molar-refractivity contribution in [2.75, 3.05) is 19.1 Å². The van der Waals surface area contributed by atoms with E-state index in [2.05, 4.69) is 25.2 Å². The van der Waals surface area contributed by atoms with Crippen molar-refractivity contribution in [2.45, 2.75) is 0 Å². The number of nitrogens with one attached hydrogen (secondary N) is 2. The molecule has 0 amide bonds. The standard InChI is InChI=1S/C21H17N5O4/c1-29-18(27)13-30-16-9-7-14(8-10-16)12-23-26-21-24-19(15-5-3-2-4-6-15)17(11-22)20(28)25-21/h2-10,12H,13H2,1H3,(H2,24,25,26,28). The molecule has 9 heteroatoms. The molecule has 0 aliphatic rings. The van der Waals surface area contributed by atoms with Gasteiger partial charge in [-0.1, -0.05) is 30.3 Å². The van der Waals surface area contributed by atoms with Gasteiger partial charge in [-0.15, -0.1) is 0 Å². The lowest BCUT2D eigenvalue weighted by atomic mass is 10.1. The SMILES string of the molecule is COC(=O)COc1ccc(C=NNc2nc(-c3ccccc3)c(C#N)c(=O)[nH]2)cc1. The zero-order chi connectivity index (χ0) is 21.3. The molecule has 9 nitrogen and oxygen atoms in total. The Kier molecular flexibility index (Phi) is 6.53. The second-order valence-corrected chi connectivity index (χ2v) is 5.92. The molecular formula is C21H17N5O4. The Balaban J connectivity index is 1.72. The molecule has 0 radical (unpaired) electrons. The third-order valence-corrected chi connectivity index (χ3v) is 3.93. The van der Waals surface area contributed by atoms with Crippen molar-refractivity contribution in [1.82, 2.24) is 9.97 Å². The van der Waals surface area contributed by atoms with Crippen LogP contribution >= 0.6 is 0 Å². The molecule has 2 aromatic carbocycles. The van der Waals surface area contributed by atoms with Gasteiger partial charge in [0.1, 0.15) is 17.4 Å². The number of esters is 1. The number of nitriles is 1. The molecule has 150 valence electrons. The fourth-order valence-electron chi connectivity index (χ4n) is 2.45. The Morgan fingerprint density at radius 3 is 2.63 bits per heavy atom. The molecule has 0 saturated heterocycles. The summed E-state index contributed by atoms with van der Waals surface area (Å²) in [6.07, 6.45) is 1.52. The van der Waals surface area contributed by atoms with Crippen LogP contribution in [0.3, 0.4) is 0 Å². The quantitative estimate of drug-likeness (QED) is 0.352. The number of hydrazone groups is 1. The van der Waals surface area contributed by atoms with Crippen molar-refractivity contribution < 1.29 is 14.3 Å². The molecule has 3 rings (SSSR count). The van der Waals surface area contributed by atoms with Crippen LogP contribution in [0.5, 0.6) is 5.75 Å². The first-order valence-electron chi connectivity index (χ1n) is 8.79. The Bertz CT molecular complexity index is 1150. The van der Waals surface area contributed by atoms with Gasteiger partial charge in [0.15, 0.2) is 6.61 Å². The number of hydrogen-bond acceptors (Lipinski definition) is 8. The molecule has 0 aliphatic heterocycles. The molecule has 0 spiro atoms. The van der Waals surface area contributed by atoms with Gasteiger partial charge in [0, 0.05) is 5.56 Å². The molecule has 2 N–H and O–H groups in total. The summed E-state index contributed by atoms with van der Waals surface area (Å²) in [6.45, 7) is -0.174. The predicted molar refractivity (Wildman–Crippen MR) is 110 cm³/mol. The molecule has 0 saturated carbocycles. The smallest absolute Gasteiger partial charge is 0.343 e. The number of nitrogens with zero attached hydrogens (tertiary/aromatic N) is 3. The van der Waals surface area contributed by atoms with Crippen molar-refractivity contribution in [1.29, 1.82) is 5.26 Å². The summed E-state index contributed by atoms with van der Waals surface area (Å²) in [5, 5.41) is 13.3. The summed E-state index contributed by atoms with van der Waals surface area (Å²) in [5.41, 5.74) is 3.69. The monoisotopic (exact) mass is 403 g/mol. The normalized spacial score (nSPS) is 10.4. The minimum atomic E-state index is -0.559. The first kappa shape index (κ1) is 20.3. The first-order valence-corrected chi connectivity index (χ1v) is 8.79. The highest BCUT2D eigenvalue weighted by atomic mass is 16.6. The number of aromatic nitrogens is 2. The van der Waals surface area contributed by atoms with E-state index in [4.69, 9.17) is 4.74 Å². The Labute approximate surface area is 171 Å². The predicted octanol–water partition coefficient (Wildman–Crippen LogP) is 2.31. The maximum Gasteiger partial charge on any atom is 0.343 e. The fraction of sp³-hybridized carbons (Fsp3) is 0.0952. The average Bonchev–Trinajstić information content (AvgIpc) is 2.78. The highest BCUT2D eigenvalue weighted by Gasteiger charge is 2.12. The summed E-state index contributed by atoms with van der Waals surface area (Å²) in [4.78, 5) is 30.1. The van der Waals surface area contributed by atoms with Gasteiger partial charge in [-0.2, -0.15) is 10.4 Å². The number of ether oxygens (including phenoxy) is 2. The molecule has 0 aliphatic carbocycles. The zero-order valence-corrected chi connectivity index (χ0v) is 16.0. The number of methoxy groups -OCH3 is 1. The number of benzene rings is 2. The topological polar surface area (TPSA) is 129 Å². The molecule has 1 heterocycles. The van der Waals surface area contributed by atoms with Gasteiger partial charge in [-0.3, -0.25) is 9.78 Å². The van der Waals surface area contributed by atoms with Crippen molar-refractivity contribution in [2.24, 2.45) is 5.10 Å². The molecule has 0 bridgehead atoms. The zero-order valence-electron chi connectivity index (χ0n) is 16.0. The molecule has 1 aromatic heterocycles. The molecular weight excluding hydrogens is 386 g/mol. The van der Waals surface area contributed by atoms with Crippen LogP contribution in [0.4, 0.5) is 5.95 Å². The maximum atomic E-state index is 12.2. The van der Waals surface area contributed by atoms with Gasteiger partial charge in [0.05, 0.1) is 19.0 Å². The average molecular weight is 403 g/mol. The van der Waals surface area contributed by atoms with Gasteiger partial charge < -0.3 is 9.47 Å². The minimum Gasteiger partial charge on any atom is -0.482 e. The molecule has 3 aromatic rings. The summed E-state index contributed by atoms with van der Waals surface area (Å²) >= 11 is 0. The lowest BCUT2D eigenvalue weighted by Crippen LogP contribution is -2.16. The largest absolute Gasteiger partial charge is 0.482 e. The first-order chi connectivity index (χ1) is 14.6. The van der Waals surface area contributed by atoms with E-state index in [0.717, 1.165) is 5.56 Å². The van der Waals surface area contributed by atoms with E-state index >= 15 is 0 Å². The van der Waals surface area contributed by atoms with E-state index < -0.39 is 11.5 Å². The van der Waals surface area contributed by atoms with Gasteiger partial charge in [0.25, 0.3) is 5.56 Å². The summed E-state index contributed by atoms with van der Waals surface area (Å²) < 4.78 is 9.77. The highest BCUT2D eigenvalue weighted by Crippen LogP contribution is 2.19. The van der Waals surface area contributed by atoms with Crippen molar-refractivity contribution in [3.8, 4) is 23.1 Å². The minimum absolute atomic E-state index is 0.0710. The van der Waals surface area contributed by atoms with Crippen molar-refractivity contribution in [3.05, 3.63) is 76.1 Å². The van der Waals surface area contributed by atoms with Gasteiger partial charge in [0.2, 0.25) is 5.95 Å². The fourth-order valence-corrected chi connectivity index (χ4v) is 2.45. The van der Waals surface area contributed by atoms with Gasteiger partial charge in [-0.25, -0.2) is 15.2 Å². The van der Waals surface area contributed by atoms with Crippen molar-refractivity contribution >= 4 is 18.1 Å². The third kappa shape index (κ3) is 5.08. The number of rotatable bonds is 7. The molecule has 0 atom stereocenters.